The van der Waals surface area contributed by atoms with Crippen LogP contribution >= 0.6 is 0 Å². The molecule has 1 heterocycles. The van der Waals surface area contributed by atoms with Crippen molar-refractivity contribution in [2.24, 2.45) is 0 Å². The third-order valence-corrected chi connectivity index (χ3v) is 3.63. The second-order valence-electron chi connectivity index (χ2n) is 5.38. The monoisotopic (exact) mass is 288 g/mol. The van der Waals surface area contributed by atoms with Gasteiger partial charge >= 0.3 is 6.18 Å². The average molecular weight is 288 g/mol. The third kappa shape index (κ3) is 2.57. The van der Waals surface area contributed by atoms with Crippen LogP contribution < -0.4 is 9.47 Å². The molecule has 110 valence electrons. The molecular weight excluding hydrogens is 273 g/mol. The van der Waals surface area contributed by atoms with E-state index in [9.17, 15) is 18.3 Å². The molecule has 6 heteroatoms. The first kappa shape index (κ1) is 13.5. The number of fused-ring (bicyclic) bond motifs is 1. The smallest absolute Gasteiger partial charge is 0.420 e. The molecule has 0 radical (unpaired) electrons. The molecule has 0 saturated heterocycles. The van der Waals surface area contributed by atoms with Gasteiger partial charge in [0.05, 0.1) is 18.8 Å². The lowest BCUT2D eigenvalue weighted by Crippen LogP contribution is -2.14. The van der Waals surface area contributed by atoms with E-state index in [0.29, 0.717) is 37.9 Å². The van der Waals surface area contributed by atoms with Gasteiger partial charge in [0.1, 0.15) is 5.56 Å². The summed E-state index contributed by atoms with van der Waals surface area (Å²) < 4.78 is 49.7. The van der Waals surface area contributed by atoms with Gasteiger partial charge in [0.2, 0.25) is 0 Å². The van der Waals surface area contributed by atoms with E-state index in [1.54, 1.807) is 0 Å². The molecule has 0 bridgehead atoms. The van der Waals surface area contributed by atoms with E-state index in [1.165, 1.54) is 6.07 Å². The van der Waals surface area contributed by atoms with Crippen molar-refractivity contribution in [1.29, 1.82) is 0 Å². The van der Waals surface area contributed by atoms with E-state index in [0.717, 1.165) is 6.07 Å². The van der Waals surface area contributed by atoms with Crippen molar-refractivity contribution in [1.82, 2.24) is 0 Å². The molecule has 0 spiro atoms. The zero-order valence-corrected chi connectivity index (χ0v) is 10.8. The fraction of sp³-hybridized carbons (Fsp3) is 0.571. The number of rotatable bonds is 2. The molecule has 1 aromatic carbocycles. The zero-order chi connectivity index (χ0) is 14.4. The van der Waals surface area contributed by atoms with Crippen LogP contribution in [0.4, 0.5) is 13.2 Å². The normalized spacial score (nSPS) is 20.4. The van der Waals surface area contributed by atoms with Crippen LogP contribution in [-0.4, -0.2) is 23.9 Å². The Labute approximate surface area is 114 Å². The number of ether oxygens (including phenoxy) is 2. The summed E-state index contributed by atoms with van der Waals surface area (Å²) in [6.45, 7) is 0.517. The highest BCUT2D eigenvalue weighted by molar-refractivity contribution is 5.54. The Morgan fingerprint density at radius 1 is 1.10 bits per heavy atom. The van der Waals surface area contributed by atoms with Gasteiger partial charge in [0.15, 0.2) is 11.5 Å². The van der Waals surface area contributed by atoms with Gasteiger partial charge in [-0.3, -0.25) is 0 Å². The summed E-state index contributed by atoms with van der Waals surface area (Å²) in [4.78, 5) is 0. The fourth-order valence-electron chi connectivity index (χ4n) is 2.35. The third-order valence-electron chi connectivity index (χ3n) is 3.63. The predicted octanol–water partition coefficient (Wildman–Crippen LogP) is 2.93. The van der Waals surface area contributed by atoms with E-state index in [4.69, 9.17) is 9.47 Å². The van der Waals surface area contributed by atoms with Crippen LogP contribution in [0.2, 0.25) is 0 Å². The molecule has 20 heavy (non-hydrogen) atoms. The number of halogens is 3. The van der Waals surface area contributed by atoms with Crippen LogP contribution in [0.5, 0.6) is 11.5 Å². The summed E-state index contributed by atoms with van der Waals surface area (Å²) in [6, 6.07) is 2.39. The van der Waals surface area contributed by atoms with E-state index in [2.05, 4.69) is 0 Å². The van der Waals surface area contributed by atoms with Crippen molar-refractivity contribution in [3.63, 3.8) is 0 Å². The molecule has 1 N–H and O–H groups in total. The standard InChI is InChI=1S/C14H15F3O3/c15-14(16,17)10-3-2-9(8-13(18)4-5-13)11-12(10)20-7-1-6-19-11/h2-3,18H,1,4-8H2. The van der Waals surface area contributed by atoms with Crippen LogP contribution in [0.15, 0.2) is 12.1 Å². The predicted molar refractivity (Wildman–Crippen MR) is 64.9 cm³/mol. The zero-order valence-electron chi connectivity index (χ0n) is 10.8. The summed E-state index contributed by atoms with van der Waals surface area (Å²) in [5, 5.41) is 9.96. The Bertz CT molecular complexity index is 521. The van der Waals surface area contributed by atoms with Crippen molar-refractivity contribution in [3.8, 4) is 11.5 Å². The first-order chi connectivity index (χ1) is 9.39. The van der Waals surface area contributed by atoms with Gasteiger partial charge < -0.3 is 14.6 Å². The second kappa shape index (κ2) is 4.55. The Morgan fingerprint density at radius 2 is 1.75 bits per heavy atom. The minimum Gasteiger partial charge on any atom is -0.489 e. The van der Waals surface area contributed by atoms with Crippen molar-refractivity contribution < 1.29 is 27.8 Å². The van der Waals surface area contributed by atoms with Crippen molar-refractivity contribution in [2.75, 3.05) is 13.2 Å². The van der Waals surface area contributed by atoms with Gasteiger partial charge in [-0.25, -0.2) is 0 Å². The van der Waals surface area contributed by atoms with Crippen LogP contribution in [0.3, 0.4) is 0 Å². The lowest BCUT2D eigenvalue weighted by Gasteiger charge is -2.19. The largest absolute Gasteiger partial charge is 0.489 e. The first-order valence-corrected chi connectivity index (χ1v) is 6.60. The molecule has 2 aliphatic rings. The highest BCUT2D eigenvalue weighted by atomic mass is 19.4. The molecule has 1 saturated carbocycles. The molecule has 0 atom stereocenters. The minimum atomic E-state index is -4.48. The van der Waals surface area contributed by atoms with Crippen LogP contribution in [-0.2, 0) is 12.6 Å². The molecule has 0 aromatic heterocycles. The summed E-state index contributed by atoms with van der Waals surface area (Å²) in [5.74, 6) is -0.102. The molecular formula is C14H15F3O3. The van der Waals surface area contributed by atoms with Gasteiger partial charge in [-0.1, -0.05) is 6.07 Å². The maximum absolute atomic E-state index is 13.0. The highest BCUT2D eigenvalue weighted by Crippen LogP contribution is 2.47. The maximum Gasteiger partial charge on any atom is 0.420 e. The Hall–Kier alpha value is -1.43. The van der Waals surface area contributed by atoms with Gasteiger partial charge in [0, 0.05) is 18.4 Å². The minimum absolute atomic E-state index is 0.137. The van der Waals surface area contributed by atoms with Crippen molar-refractivity contribution in [3.05, 3.63) is 23.3 Å². The van der Waals surface area contributed by atoms with Gasteiger partial charge in [-0.15, -0.1) is 0 Å². The highest BCUT2D eigenvalue weighted by Gasteiger charge is 2.43. The number of alkyl halides is 3. The number of aliphatic hydroxyl groups is 1. The van der Waals surface area contributed by atoms with Crippen molar-refractivity contribution in [2.45, 2.75) is 37.5 Å². The van der Waals surface area contributed by atoms with Gasteiger partial charge in [-0.05, 0) is 18.9 Å². The van der Waals surface area contributed by atoms with E-state index in [-0.39, 0.29) is 18.1 Å². The maximum atomic E-state index is 13.0. The van der Waals surface area contributed by atoms with E-state index >= 15 is 0 Å². The summed E-state index contributed by atoms with van der Waals surface area (Å²) in [6.07, 6.45) is -2.30. The summed E-state index contributed by atoms with van der Waals surface area (Å²) in [7, 11) is 0. The molecule has 1 fully saturated rings. The molecule has 1 aliphatic heterocycles. The molecule has 0 unspecified atom stereocenters. The van der Waals surface area contributed by atoms with E-state index in [1.807, 2.05) is 0 Å². The summed E-state index contributed by atoms with van der Waals surface area (Å²) >= 11 is 0. The van der Waals surface area contributed by atoms with Gasteiger partial charge in [-0.2, -0.15) is 13.2 Å². The molecule has 0 amide bonds. The molecule has 1 aliphatic carbocycles. The lowest BCUT2D eigenvalue weighted by molar-refractivity contribution is -0.139. The van der Waals surface area contributed by atoms with Crippen LogP contribution in [0.25, 0.3) is 0 Å². The topological polar surface area (TPSA) is 38.7 Å². The van der Waals surface area contributed by atoms with Crippen LogP contribution in [0, 0.1) is 0 Å². The number of hydrogen-bond donors (Lipinski definition) is 1. The Morgan fingerprint density at radius 3 is 2.35 bits per heavy atom. The molecule has 1 aromatic rings. The number of hydrogen-bond acceptors (Lipinski definition) is 3. The molecule has 3 nitrogen and oxygen atoms in total. The fourth-order valence-corrected chi connectivity index (χ4v) is 2.35. The Balaban J connectivity index is 2.04. The number of benzene rings is 1. The summed E-state index contributed by atoms with van der Waals surface area (Å²) in [5.41, 5.74) is -1.03. The Kier molecular flexibility index (Phi) is 3.08. The van der Waals surface area contributed by atoms with E-state index < -0.39 is 17.3 Å². The lowest BCUT2D eigenvalue weighted by atomic mass is 10.0. The van der Waals surface area contributed by atoms with Gasteiger partial charge in [0.25, 0.3) is 0 Å². The first-order valence-electron chi connectivity index (χ1n) is 6.60. The molecule has 3 rings (SSSR count). The van der Waals surface area contributed by atoms with Crippen LogP contribution in [0.1, 0.15) is 30.4 Å². The van der Waals surface area contributed by atoms with Crippen molar-refractivity contribution >= 4 is 0 Å². The SMILES string of the molecule is OC1(Cc2ccc(C(F)(F)F)c3c2OCCCO3)CC1. The average Bonchev–Trinajstić information content (AvgIpc) is 3.11. The second-order valence-corrected chi connectivity index (χ2v) is 5.38. The quantitative estimate of drug-likeness (QED) is 0.909.